The molecule has 5 rings (SSSR count). The van der Waals surface area contributed by atoms with Crippen LogP contribution >= 0.6 is 11.8 Å². The van der Waals surface area contributed by atoms with Crippen molar-refractivity contribution < 1.29 is 33.0 Å². The number of likely N-dealkylation sites (tertiary alicyclic amines) is 1. The number of ether oxygens (including phenoxy) is 1. The summed E-state index contributed by atoms with van der Waals surface area (Å²) in [6.45, 7) is 11.5. The Morgan fingerprint density at radius 3 is 2.32 bits per heavy atom. The van der Waals surface area contributed by atoms with Gasteiger partial charge in [0.05, 0.1) is 19.5 Å². The summed E-state index contributed by atoms with van der Waals surface area (Å²) in [5, 5.41) is 17.9. The topological polar surface area (TPSA) is 158 Å². The molecular formula is C40H61F2N5O5S. The van der Waals surface area contributed by atoms with Gasteiger partial charge in [-0.3, -0.25) is 19.8 Å². The molecule has 1 saturated heterocycles. The van der Waals surface area contributed by atoms with Crippen LogP contribution in [-0.4, -0.2) is 86.8 Å². The Morgan fingerprint density at radius 1 is 1.04 bits per heavy atom. The lowest BCUT2D eigenvalue weighted by atomic mass is 10.0. The number of aryl methyl sites for hydroxylation is 1. The van der Waals surface area contributed by atoms with Crippen molar-refractivity contribution in [3.63, 3.8) is 0 Å². The molecule has 3 amide bonds. The van der Waals surface area contributed by atoms with Crippen LogP contribution in [0.5, 0.6) is 0 Å². The van der Waals surface area contributed by atoms with Crippen molar-refractivity contribution in [3.8, 4) is 11.1 Å². The van der Waals surface area contributed by atoms with Gasteiger partial charge in [0, 0.05) is 60.6 Å². The highest BCUT2D eigenvalue weighted by Crippen LogP contribution is 2.50. The first kappa shape index (κ1) is 47.2. The van der Waals surface area contributed by atoms with Gasteiger partial charge >= 0.3 is 0 Å². The zero-order valence-electron chi connectivity index (χ0n) is 32.0. The summed E-state index contributed by atoms with van der Waals surface area (Å²) in [6, 6.07) is 12.1. The molecule has 0 aromatic heterocycles. The highest BCUT2D eigenvalue weighted by Gasteiger charge is 2.43. The number of nitrogens with two attached hydrogens (primary N) is 1. The molecule has 0 bridgehead atoms. The summed E-state index contributed by atoms with van der Waals surface area (Å²) < 4.78 is 33.9. The second-order valence-corrected chi connectivity index (χ2v) is 14.2. The van der Waals surface area contributed by atoms with Crippen LogP contribution in [0.4, 0.5) is 8.78 Å². The highest BCUT2D eigenvalue weighted by atomic mass is 32.2. The Labute approximate surface area is 319 Å². The molecule has 2 aromatic carbocycles. The van der Waals surface area contributed by atoms with Crippen LogP contribution in [0.15, 0.2) is 53.4 Å². The number of nitrogens with one attached hydrogen (secondary N) is 3. The molecule has 6 N–H and O–H groups in total. The second kappa shape index (κ2) is 26.9. The molecule has 0 radical (unpaired) electrons. The SMILES string of the molecule is CC1C=C(CNC=O)SC1.CCCCCCCCOCC1CC(C)N(C(=O)CNC=O)C1.CO.Cc1ccc2c(c1)-c1ccccc1C2(F)F.N=CN. The lowest BCUT2D eigenvalue weighted by molar-refractivity contribution is -0.132. The fourth-order valence-electron chi connectivity index (χ4n) is 6.27. The quantitative estimate of drug-likeness (QED) is 0.0591. The number of nitrogens with zero attached hydrogens (tertiary/aromatic N) is 1. The number of hydrogen-bond donors (Lipinski definition) is 5. The number of benzene rings is 2. The van der Waals surface area contributed by atoms with Gasteiger partial charge < -0.3 is 31.1 Å². The van der Waals surface area contributed by atoms with Crippen molar-refractivity contribution in [3.05, 3.63) is 70.1 Å². The van der Waals surface area contributed by atoms with E-state index in [4.69, 9.17) is 15.3 Å². The Morgan fingerprint density at radius 2 is 1.68 bits per heavy atom. The fourth-order valence-corrected chi connectivity index (χ4v) is 7.36. The molecule has 3 atom stereocenters. The summed E-state index contributed by atoms with van der Waals surface area (Å²) in [4.78, 5) is 35.2. The number of carbonyl (C=O) groups is 3. The number of unbranched alkanes of at least 4 members (excludes halogenated alkanes) is 5. The molecule has 296 valence electrons. The summed E-state index contributed by atoms with van der Waals surface area (Å²) in [6.07, 6.45) is 12.9. The Hall–Kier alpha value is -3.81. The van der Waals surface area contributed by atoms with E-state index in [0.29, 0.717) is 35.9 Å². The Balaban J connectivity index is 0.000000394. The molecule has 2 aromatic rings. The third-order valence-electron chi connectivity index (χ3n) is 8.74. The molecule has 1 fully saturated rings. The van der Waals surface area contributed by atoms with Crippen LogP contribution in [0.3, 0.4) is 0 Å². The number of hydrogen-bond acceptors (Lipinski definition) is 7. The molecule has 0 spiro atoms. The van der Waals surface area contributed by atoms with E-state index < -0.39 is 5.92 Å². The zero-order chi connectivity index (χ0) is 39.6. The molecule has 1 aliphatic carbocycles. The fraction of sp³-hybridized carbons (Fsp3) is 0.550. The van der Waals surface area contributed by atoms with Crippen LogP contribution in [0.2, 0.25) is 0 Å². The number of amides is 3. The molecular weight excluding hydrogens is 701 g/mol. The van der Waals surface area contributed by atoms with Gasteiger partial charge in [0.1, 0.15) is 0 Å². The van der Waals surface area contributed by atoms with E-state index >= 15 is 0 Å². The molecule has 3 aliphatic rings. The van der Waals surface area contributed by atoms with Crippen molar-refractivity contribution in [1.29, 1.82) is 5.41 Å². The maximum atomic E-state index is 14.1. The molecule has 13 heteroatoms. The Kier molecular flexibility index (Phi) is 23.9. The average molecular weight is 762 g/mol. The molecule has 10 nitrogen and oxygen atoms in total. The molecule has 0 saturated carbocycles. The number of alkyl halides is 2. The van der Waals surface area contributed by atoms with E-state index in [9.17, 15) is 23.2 Å². The van der Waals surface area contributed by atoms with Gasteiger partial charge in [-0.1, -0.05) is 100 Å². The minimum absolute atomic E-state index is 0.00183. The lowest BCUT2D eigenvalue weighted by Gasteiger charge is -2.21. The highest BCUT2D eigenvalue weighted by molar-refractivity contribution is 8.03. The predicted molar refractivity (Wildman–Crippen MR) is 212 cm³/mol. The smallest absolute Gasteiger partial charge is 0.299 e. The van der Waals surface area contributed by atoms with Gasteiger partial charge in [-0.05, 0) is 43.7 Å². The predicted octanol–water partition coefficient (Wildman–Crippen LogP) is 6.62. The van der Waals surface area contributed by atoms with Crippen LogP contribution in [0.25, 0.3) is 11.1 Å². The normalized spacial score (nSPS) is 18.4. The van der Waals surface area contributed by atoms with Crippen molar-refractivity contribution in [2.24, 2.45) is 17.6 Å². The number of allylic oxidation sites excluding steroid dienone is 1. The van der Waals surface area contributed by atoms with Gasteiger partial charge in [-0.2, -0.15) is 8.78 Å². The number of fused-ring (bicyclic) bond motifs is 3. The first-order valence-corrected chi connectivity index (χ1v) is 19.3. The monoisotopic (exact) mass is 761 g/mol. The van der Waals surface area contributed by atoms with Crippen molar-refractivity contribution in [1.82, 2.24) is 15.5 Å². The first-order chi connectivity index (χ1) is 25.5. The maximum absolute atomic E-state index is 14.1. The van der Waals surface area contributed by atoms with E-state index in [1.165, 1.54) is 49.1 Å². The molecule has 2 aliphatic heterocycles. The molecule has 2 heterocycles. The first-order valence-electron chi connectivity index (χ1n) is 18.3. The Bertz CT molecular complexity index is 1410. The van der Waals surface area contributed by atoms with Gasteiger partial charge in [-0.25, -0.2) is 0 Å². The van der Waals surface area contributed by atoms with Gasteiger partial charge in [0.2, 0.25) is 18.7 Å². The van der Waals surface area contributed by atoms with Gasteiger partial charge in [-0.15, -0.1) is 11.8 Å². The standard InChI is InChI=1S/C17H32N2O3.C14H10F2.C7H11NOS.CH4N2.CH4O/c1-3-4-5-6-7-8-9-22-13-16-10-15(2)19(12-16)17(21)11-18-14-20;1-9-6-7-13-11(8-9)10-4-2-3-5-12(10)14(13,15)16;1-6-2-7(10-4-6)3-8-5-9;2-1-3;1-2/h14-16H,3-13H2,1-2H3,(H,18,20);2-8H,1H3;2,5-6H,3-4H2,1H3,(H,8,9);1H,(H3,2,3);2H,1H3. The number of carbonyl (C=O) groups excluding carboxylic acids is 3. The summed E-state index contributed by atoms with van der Waals surface area (Å²) in [7, 11) is 1.00. The van der Waals surface area contributed by atoms with Gasteiger partial charge in [0.25, 0.3) is 5.92 Å². The van der Waals surface area contributed by atoms with E-state index in [-0.39, 0.29) is 29.6 Å². The number of rotatable bonds is 15. The minimum atomic E-state index is -2.85. The third-order valence-corrected chi connectivity index (χ3v) is 10.1. The van der Waals surface area contributed by atoms with Gasteiger partial charge in [0.15, 0.2) is 0 Å². The largest absolute Gasteiger partial charge is 0.400 e. The summed E-state index contributed by atoms with van der Waals surface area (Å²) in [5.74, 6) is -0.586. The third kappa shape index (κ3) is 16.4. The van der Waals surface area contributed by atoms with E-state index in [1.807, 2.05) is 29.7 Å². The maximum Gasteiger partial charge on any atom is 0.299 e. The van der Waals surface area contributed by atoms with Crippen molar-refractivity contribution >= 4 is 36.8 Å². The van der Waals surface area contributed by atoms with Crippen molar-refractivity contribution in [2.75, 3.05) is 45.7 Å². The number of thioether (sulfide) groups is 1. The second-order valence-electron chi connectivity index (χ2n) is 13.1. The number of aliphatic hydroxyl groups excluding tert-OH is 1. The minimum Gasteiger partial charge on any atom is -0.400 e. The molecule has 3 unspecified atom stereocenters. The van der Waals surface area contributed by atoms with E-state index in [0.717, 1.165) is 63.8 Å². The van der Waals surface area contributed by atoms with Crippen LogP contribution in [0.1, 0.15) is 82.4 Å². The summed E-state index contributed by atoms with van der Waals surface area (Å²) >= 11 is 1.83. The van der Waals surface area contributed by atoms with Crippen molar-refractivity contribution in [2.45, 2.75) is 84.6 Å². The molecule has 53 heavy (non-hydrogen) atoms. The van der Waals surface area contributed by atoms with Crippen LogP contribution in [-0.2, 0) is 25.0 Å². The van der Waals surface area contributed by atoms with Crippen LogP contribution in [0, 0.1) is 24.2 Å². The number of aliphatic hydroxyl groups is 1. The lowest BCUT2D eigenvalue weighted by Crippen LogP contribution is -2.40. The van der Waals surface area contributed by atoms with Crippen LogP contribution < -0.4 is 16.4 Å². The van der Waals surface area contributed by atoms with E-state index in [1.54, 1.807) is 24.3 Å². The zero-order valence-corrected chi connectivity index (χ0v) is 32.9. The average Bonchev–Trinajstić information content (AvgIpc) is 3.82. The summed E-state index contributed by atoms with van der Waals surface area (Å²) in [5.41, 5.74) is 6.97. The van der Waals surface area contributed by atoms with E-state index in [2.05, 4.69) is 43.2 Å². The number of halogens is 2.